The lowest BCUT2D eigenvalue weighted by atomic mass is 9.97. The highest BCUT2D eigenvalue weighted by Gasteiger charge is 2.28. The number of aryl methyl sites for hydroxylation is 1. The minimum Gasteiger partial charge on any atom is -0.481 e. The van der Waals surface area contributed by atoms with Crippen LogP contribution in [0.25, 0.3) is 0 Å². The zero-order chi connectivity index (χ0) is 12.4. The summed E-state index contributed by atoms with van der Waals surface area (Å²) in [4.78, 5) is 25.5. The minimum atomic E-state index is -0.746. The standard InChI is InChI=1S/C12H15NO3S/c1-8-4-7-17-10(8)11(14)13-5-2-9(3-6-13)12(15)16/h4,7,9H,2-3,5-6H2,1H3,(H,15,16). The second kappa shape index (κ2) is 4.87. The van der Waals surface area contributed by atoms with Gasteiger partial charge < -0.3 is 10.0 Å². The van der Waals surface area contributed by atoms with Crippen LogP contribution in [0.15, 0.2) is 11.4 Å². The summed E-state index contributed by atoms with van der Waals surface area (Å²) in [5.74, 6) is -0.991. The number of carbonyl (C=O) groups is 2. The number of amides is 1. The molecule has 4 nitrogen and oxygen atoms in total. The Bertz CT molecular complexity index is 433. The third-order valence-corrected chi connectivity index (χ3v) is 4.19. The molecule has 0 aliphatic carbocycles. The predicted molar refractivity (Wildman–Crippen MR) is 65.3 cm³/mol. The van der Waals surface area contributed by atoms with Gasteiger partial charge in [-0.1, -0.05) is 0 Å². The quantitative estimate of drug-likeness (QED) is 0.877. The third-order valence-electron chi connectivity index (χ3n) is 3.19. The van der Waals surface area contributed by atoms with Crippen molar-refractivity contribution in [1.82, 2.24) is 4.90 Å². The second-order valence-corrected chi connectivity index (χ2v) is 5.25. The molecule has 0 spiro atoms. The van der Waals surface area contributed by atoms with E-state index in [0.717, 1.165) is 10.4 Å². The van der Waals surface area contributed by atoms with Crippen molar-refractivity contribution in [2.24, 2.45) is 5.92 Å². The predicted octanol–water partition coefficient (Wildman–Crippen LogP) is 1.99. The second-order valence-electron chi connectivity index (χ2n) is 4.34. The van der Waals surface area contributed by atoms with Gasteiger partial charge in [-0.25, -0.2) is 0 Å². The highest BCUT2D eigenvalue weighted by molar-refractivity contribution is 7.12. The molecule has 17 heavy (non-hydrogen) atoms. The van der Waals surface area contributed by atoms with E-state index in [4.69, 9.17) is 5.11 Å². The number of hydrogen-bond acceptors (Lipinski definition) is 3. The number of likely N-dealkylation sites (tertiary alicyclic amines) is 1. The first-order chi connectivity index (χ1) is 8.09. The molecule has 0 unspecified atom stereocenters. The van der Waals surface area contributed by atoms with E-state index in [-0.39, 0.29) is 11.8 Å². The van der Waals surface area contributed by atoms with Crippen molar-refractivity contribution < 1.29 is 14.7 Å². The van der Waals surface area contributed by atoms with Crippen molar-refractivity contribution in [3.05, 3.63) is 21.9 Å². The number of hydrogen-bond donors (Lipinski definition) is 1. The molecule has 0 saturated carbocycles. The number of carboxylic acids is 1. The Morgan fingerprint density at radius 1 is 1.41 bits per heavy atom. The summed E-state index contributed by atoms with van der Waals surface area (Å²) in [5.41, 5.74) is 1.00. The van der Waals surface area contributed by atoms with Crippen LogP contribution in [0, 0.1) is 12.8 Å². The molecular formula is C12H15NO3S. The van der Waals surface area contributed by atoms with E-state index in [0.29, 0.717) is 25.9 Å². The Kier molecular flexibility index (Phi) is 3.47. The monoisotopic (exact) mass is 253 g/mol. The van der Waals surface area contributed by atoms with Gasteiger partial charge in [-0.2, -0.15) is 0 Å². The van der Waals surface area contributed by atoms with Crippen molar-refractivity contribution in [2.45, 2.75) is 19.8 Å². The molecular weight excluding hydrogens is 238 g/mol. The van der Waals surface area contributed by atoms with Crippen LogP contribution < -0.4 is 0 Å². The van der Waals surface area contributed by atoms with E-state index < -0.39 is 5.97 Å². The van der Waals surface area contributed by atoms with E-state index in [2.05, 4.69) is 0 Å². The van der Waals surface area contributed by atoms with Gasteiger partial charge in [-0.15, -0.1) is 11.3 Å². The molecule has 1 aliphatic heterocycles. The van der Waals surface area contributed by atoms with Crippen LogP contribution in [0.2, 0.25) is 0 Å². The zero-order valence-electron chi connectivity index (χ0n) is 9.68. The molecule has 1 aliphatic rings. The molecule has 1 saturated heterocycles. The van der Waals surface area contributed by atoms with Gasteiger partial charge in [0.1, 0.15) is 0 Å². The summed E-state index contributed by atoms with van der Waals surface area (Å²) < 4.78 is 0. The van der Waals surface area contributed by atoms with Crippen LogP contribution in [0.3, 0.4) is 0 Å². The Morgan fingerprint density at radius 3 is 2.53 bits per heavy atom. The van der Waals surface area contributed by atoms with Gasteiger partial charge in [0.15, 0.2) is 0 Å². The molecule has 2 heterocycles. The number of rotatable bonds is 2. The number of nitrogens with zero attached hydrogens (tertiary/aromatic N) is 1. The molecule has 1 amide bonds. The van der Waals surface area contributed by atoms with Crippen LogP contribution in [0.4, 0.5) is 0 Å². The van der Waals surface area contributed by atoms with E-state index in [9.17, 15) is 9.59 Å². The molecule has 1 fully saturated rings. The van der Waals surface area contributed by atoms with Gasteiger partial charge in [-0.3, -0.25) is 9.59 Å². The van der Waals surface area contributed by atoms with Gasteiger partial charge in [0.25, 0.3) is 5.91 Å². The van der Waals surface area contributed by atoms with Crippen LogP contribution in [0.5, 0.6) is 0 Å². The summed E-state index contributed by atoms with van der Waals surface area (Å²) in [7, 11) is 0. The van der Waals surface area contributed by atoms with Crippen LogP contribution in [-0.4, -0.2) is 35.0 Å². The SMILES string of the molecule is Cc1ccsc1C(=O)N1CCC(C(=O)O)CC1. The molecule has 1 aromatic heterocycles. The molecule has 0 aromatic carbocycles. The molecule has 0 bridgehead atoms. The Morgan fingerprint density at radius 2 is 2.06 bits per heavy atom. The highest BCUT2D eigenvalue weighted by atomic mass is 32.1. The van der Waals surface area contributed by atoms with E-state index >= 15 is 0 Å². The molecule has 1 N–H and O–H groups in total. The molecule has 2 rings (SSSR count). The number of aliphatic carboxylic acids is 1. The van der Waals surface area contributed by atoms with Gasteiger partial charge in [0, 0.05) is 13.1 Å². The average Bonchev–Trinajstić information content (AvgIpc) is 2.74. The summed E-state index contributed by atoms with van der Waals surface area (Å²) in [6.07, 6.45) is 1.12. The number of carboxylic acid groups (broad SMARTS) is 1. The highest BCUT2D eigenvalue weighted by Crippen LogP contribution is 2.22. The lowest BCUT2D eigenvalue weighted by Gasteiger charge is -2.29. The molecule has 92 valence electrons. The maximum Gasteiger partial charge on any atom is 0.306 e. The fourth-order valence-corrected chi connectivity index (χ4v) is 2.96. The molecule has 0 atom stereocenters. The first-order valence-corrected chi connectivity index (χ1v) is 6.53. The first kappa shape index (κ1) is 12.1. The maximum atomic E-state index is 12.1. The van der Waals surface area contributed by atoms with E-state index in [1.165, 1.54) is 11.3 Å². The topological polar surface area (TPSA) is 57.6 Å². The molecule has 1 aromatic rings. The van der Waals surface area contributed by atoms with Crippen molar-refractivity contribution in [2.75, 3.05) is 13.1 Å². The van der Waals surface area contributed by atoms with Gasteiger partial charge in [0.2, 0.25) is 0 Å². The fourth-order valence-electron chi connectivity index (χ4n) is 2.06. The minimum absolute atomic E-state index is 0.0429. The van der Waals surface area contributed by atoms with Crippen molar-refractivity contribution in [3.63, 3.8) is 0 Å². The fraction of sp³-hybridized carbons (Fsp3) is 0.500. The smallest absolute Gasteiger partial charge is 0.306 e. The summed E-state index contributed by atoms with van der Waals surface area (Å²) in [6.45, 7) is 3.02. The van der Waals surface area contributed by atoms with Gasteiger partial charge in [0.05, 0.1) is 10.8 Å². The van der Waals surface area contributed by atoms with Gasteiger partial charge >= 0.3 is 5.97 Å². The normalized spacial score (nSPS) is 17.1. The van der Waals surface area contributed by atoms with Crippen molar-refractivity contribution >= 4 is 23.2 Å². The van der Waals surface area contributed by atoms with Gasteiger partial charge in [-0.05, 0) is 36.8 Å². The Hall–Kier alpha value is -1.36. The van der Waals surface area contributed by atoms with Crippen molar-refractivity contribution in [3.8, 4) is 0 Å². The van der Waals surface area contributed by atoms with E-state index in [1.54, 1.807) is 4.90 Å². The third kappa shape index (κ3) is 2.49. The number of thiophene rings is 1. The van der Waals surface area contributed by atoms with Crippen LogP contribution in [-0.2, 0) is 4.79 Å². The lowest BCUT2D eigenvalue weighted by Crippen LogP contribution is -2.40. The Balaban J connectivity index is 2.00. The summed E-state index contributed by atoms with van der Waals surface area (Å²) in [5, 5.41) is 10.8. The Labute approximate surface area is 104 Å². The van der Waals surface area contributed by atoms with Crippen LogP contribution >= 0.6 is 11.3 Å². The number of piperidine rings is 1. The summed E-state index contributed by atoms with van der Waals surface area (Å²) in [6, 6.07) is 1.93. The maximum absolute atomic E-state index is 12.1. The molecule has 5 heteroatoms. The average molecular weight is 253 g/mol. The number of carbonyl (C=O) groups excluding carboxylic acids is 1. The molecule has 0 radical (unpaired) electrons. The largest absolute Gasteiger partial charge is 0.481 e. The van der Waals surface area contributed by atoms with Crippen LogP contribution in [0.1, 0.15) is 28.1 Å². The zero-order valence-corrected chi connectivity index (χ0v) is 10.5. The lowest BCUT2D eigenvalue weighted by molar-refractivity contribution is -0.143. The first-order valence-electron chi connectivity index (χ1n) is 5.65. The van der Waals surface area contributed by atoms with Crippen molar-refractivity contribution in [1.29, 1.82) is 0 Å². The van der Waals surface area contributed by atoms with E-state index in [1.807, 2.05) is 18.4 Å². The summed E-state index contributed by atoms with van der Waals surface area (Å²) >= 11 is 1.45.